The number of benzene rings is 3. The molecular weight excluding hydrogens is 506 g/mol. The molecule has 0 bridgehead atoms. The highest BCUT2D eigenvalue weighted by Gasteiger charge is 2.18. The van der Waals surface area contributed by atoms with Crippen LogP contribution in [0.5, 0.6) is 5.75 Å². The normalized spacial score (nSPS) is 11.4. The highest BCUT2D eigenvalue weighted by Crippen LogP contribution is 2.28. The molecule has 184 valence electrons. The highest BCUT2D eigenvalue weighted by atomic mass is 32.2. The lowest BCUT2D eigenvalue weighted by Gasteiger charge is -2.13. The van der Waals surface area contributed by atoms with Gasteiger partial charge in [-0.2, -0.15) is 0 Å². The lowest BCUT2D eigenvalue weighted by atomic mass is 10.2. The van der Waals surface area contributed by atoms with Crippen LogP contribution in [-0.4, -0.2) is 37.8 Å². The summed E-state index contributed by atoms with van der Waals surface area (Å²) in [7, 11) is 0. The Kier molecular flexibility index (Phi) is 6.11. The van der Waals surface area contributed by atoms with Crippen molar-refractivity contribution in [1.82, 2.24) is 19.5 Å². The summed E-state index contributed by atoms with van der Waals surface area (Å²) in [6.45, 7) is 2.47. The van der Waals surface area contributed by atoms with Crippen molar-refractivity contribution in [3.05, 3.63) is 83.2 Å². The zero-order valence-electron chi connectivity index (χ0n) is 19.7. The van der Waals surface area contributed by atoms with Crippen LogP contribution < -0.4 is 15.6 Å². The number of anilines is 1. The molecular formula is C27H21N5O3S2. The Morgan fingerprint density at radius 1 is 1.05 bits per heavy atom. The van der Waals surface area contributed by atoms with Gasteiger partial charge in [-0.1, -0.05) is 53.4 Å². The molecule has 3 heterocycles. The molecule has 8 nitrogen and oxygen atoms in total. The monoisotopic (exact) mass is 527 g/mol. The van der Waals surface area contributed by atoms with Crippen molar-refractivity contribution >= 4 is 66.3 Å². The molecule has 2 N–H and O–H groups in total. The quantitative estimate of drug-likeness (QED) is 0.207. The molecule has 10 heteroatoms. The van der Waals surface area contributed by atoms with Gasteiger partial charge in [-0.25, -0.2) is 9.97 Å². The second kappa shape index (κ2) is 9.72. The molecule has 0 radical (unpaired) electrons. The Morgan fingerprint density at radius 3 is 2.65 bits per heavy atom. The minimum Gasteiger partial charge on any atom is -0.494 e. The van der Waals surface area contributed by atoms with Gasteiger partial charge in [0.15, 0.2) is 10.3 Å². The van der Waals surface area contributed by atoms with Crippen molar-refractivity contribution in [2.24, 2.45) is 0 Å². The van der Waals surface area contributed by atoms with Gasteiger partial charge in [-0.15, -0.1) is 0 Å². The van der Waals surface area contributed by atoms with Crippen molar-refractivity contribution in [1.29, 1.82) is 0 Å². The number of carbonyl (C=O) groups excluding carboxylic acids is 1. The molecule has 0 aliphatic heterocycles. The second-order valence-corrected chi connectivity index (χ2v) is 10.2. The molecule has 6 aromatic rings. The molecule has 0 aliphatic rings. The zero-order chi connectivity index (χ0) is 25.4. The smallest absolute Gasteiger partial charge is 0.283 e. The molecule has 0 spiro atoms. The molecule has 0 saturated carbocycles. The van der Waals surface area contributed by atoms with E-state index >= 15 is 0 Å². The van der Waals surface area contributed by atoms with Crippen LogP contribution in [0.15, 0.2) is 82.7 Å². The highest BCUT2D eigenvalue weighted by molar-refractivity contribution is 7.99. The molecule has 0 unspecified atom stereocenters. The van der Waals surface area contributed by atoms with Crippen LogP contribution in [0.4, 0.5) is 5.13 Å². The molecule has 0 aliphatic carbocycles. The van der Waals surface area contributed by atoms with E-state index in [9.17, 15) is 9.59 Å². The van der Waals surface area contributed by atoms with Gasteiger partial charge in [0.1, 0.15) is 16.8 Å². The number of thioether (sulfide) groups is 1. The van der Waals surface area contributed by atoms with E-state index in [-0.39, 0.29) is 17.2 Å². The minimum atomic E-state index is -0.237. The average molecular weight is 528 g/mol. The summed E-state index contributed by atoms with van der Waals surface area (Å²) in [6.07, 6.45) is 0. The van der Waals surface area contributed by atoms with Crippen LogP contribution in [0.1, 0.15) is 6.92 Å². The van der Waals surface area contributed by atoms with Crippen LogP contribution in [-0.2, 0) is 4.79 Å². The van der Waals surface area contributed by atoms with Crippen molar-refractivity contribution in [2.75, 3.05) is 17.7 Å². The van der Waals surface area contributed by atoms with Gasteiger partial charge in [0.25, 0.3) is 5.56 Å². The maximum Gasteiger partial charge on any atom is 0.283 e. The fourth-order valence-electron chi connectivity index (χ4n) is 4.14. The average Bonchev–Trinajstić information content (AvgIpc) is 3.49. The summed E-state index contributed by atoms with van der Waals surface area (Å²) in [6, 6.07) is 22.6. The summed E-state index contributed by atoms with van der Waals surface area (Å²) in [5, 5.41) is 4.68. The van der Waals surface area contributed by atoms with Crippen LogP contribution in [0.2, 0.25) is 0 Å². The van der Waals surface area contributed by atoms with Gasteiger partial charge in [0, 0.05) is 10.9 Å². The Bertz CT molecular complexity index is 1790. The molecule has 3 aromatic heterocycles. The number of amides is 1. The number of carbonyl (C=O) groups is 1. The summed E-state index contributed by atoms with van der Waals surface area (Å²) >= 11 is 2.62. The van der Waals surface area contributed by atoms with Crippen LogP contribution >= 0.6 is 23.1 Å². The number of hydrogen-bond donors (Lipinski definition) is 2. The number of ether oxygens (including phenoxy) is 1. The van der Waals surface area contributed by atoms with Crippen LogP contribution in [0, 0.1) is 0 Å². The van der Waals surface area contributed by atoms with Gasteiger partial charge in [0.2, 0.25) is 5.91 Å². The van der Waals surface area contributed by atoms with Crippen molar-refractivity contribution in [3.8, 4) is 11.4 Å². The Morgan fingerprint density at radius 2 is 1.84 bits per heavy atom. The Balaban J connectivity index is 1.36. The SMILES string of the molecule is CCOc1ccc(-n2c(SCC(=O)Nc3nc4ccccc4s3)nc3c([nH]c4ccccc43)c2=O)cc1. The minimum absolute atomic E-state index is 0.0628. The maximum atomic E-state index is 13.7. The third-order valence-corrected chi connectivity index (χ3v) is 7.66. The van der Waals surface area contributed by atoms with E-state index in [4.69, 9.17) is 9.72 Å². The Hall–Kier alpha value is -4.15. The van der Waals surface area contributed by atoms with Crippen molar-refractivity contribution in [3.63, 3.8) is 0 Å². The molecule has 3 aromatic carbocycles. The van der Waals surface area contributed by atoms with E-state index in [0.717, 1.165) is 21.1 Å². The third kappa shape index (κ3) is 4.45. The van der Waals surface area contributed by atoms with Gasteiger partial charge in [-0.05, 0) is 49.4 Å². The summed E-state index contributed by atoms with van der Waals surface area (Å²) in [4.78, 5) is 39.1. The van der Waals surface area contributed by atoms with Crippen LogP contribution in [0.25, 0.3) is 37.8 Å². The first-order valence-electron chi connectivity index (χ1n) is 11.7. The standard InChI is InChI=1S/C27H21N5O3S2/c1-2-35-17-13-11-16(12-14-17)32-25(34)24-23(18-7-3-4-8-19(18)28-24)31-27(32)36-15-22(33)30-26-29-20-9-5-6-10-21(20)37-26/h3-14,28H,2,15H2,1H3,(H,29,30,33). The van der Waals surface area contributed by atoms with Crippen LogP contribution in [0.3, 0.4) is 0 Å². The van der Waals surface area contributed by atoms with Gasteiger partial charge < -0.3 is 15.0 Å². The largest absolute Gasteiger partial charge is 0.494 e. The topological polar surface area (TPSA) is 102 Å². The number of nitrogens with zero attached hydrogens (tertiary/aromatic N) is 3. The second-order valence-electron chi connectivity index (χ2n) is 8.18. The van der Waals surface area contributed by atoms with Gasteiger partial charge in [-0.3, -0.25) is 14.2 Å². The molecule has 0 fully saturated rings. The van der Waals surface area contributed by atoms with E-state index in [1.54, 1.807) is 0 Å². The lowest BCUT2D eigenvalue weighted by Crippen LogP contribution is -2.23. The number of H-pyrrole nitrogens is 1. The van der Waals surface area contributed by atoms with E-state index in [1.165, 1.54) is 27.7 Å². The first-order chi connectivity index (χ1) is 18.1. The predicted octanol–water partition coefficient (Wildman–Crippen LogP) is 5.61. The number of hydrogen-bond acceptors (Lipinski definition) is 7. The van der Waals surface area contributed by atoms with Crippen molar-refractivity contribution in [2.45, 2.75) is 12.1 Å². The van der Waals surface area contributed by atoms with E-state index in [1.807, 2.05) is 79.7 Å². The molecule has 1 amide bonds. The number of para-hydroxylation sites is 2. The third-order valence-electron chi connectivity index (χ3n) is 5.77. The number of nitrogens with one attached hydrogen (secondary N) is 2. The summed E-state index contributed by atoms with van der Waals surface area (Å²) in [5.41, 5.74) is 3.06. The van der Waals surface area contributed by atoms with Crippen molar-refractivity contribution < 1.29 is 9.53 Å². The molecule has 37 heavy (non-hydrogen) atoms. The molecule has 0 atom stereocenters. The van der Waals surface area contributed by atoms with Gasteiger partial charge >= 0.3 is 0 Å². The Labute approximate surface area is 219 Å². The number of rotatable bonds is 7. The number of thiazole rings is 1. The number of fused-ring (bicyclic) bond motifs is 4. The number of aromatic amines is 1. The number of aromatic nitrogens is 4. The first kappa shape index (κ1) is 23.3. The predicted molar refractivity (Wildman–Crippen MR) is 149 cm³/mol. The molecule has 0 saturated heterocycles. The maximum absolute atomic E-state index is 13.7. The molecule has 6 rings (SSSR count). The zero-order valence-corrected chi connectivity index (χ0v) is 21.4. The first-order valence-corrected chi connectivity index (χ1v) is 13.5. The fraction of sp³-hybridized carbons (Fsp3) is 0.111. The summed E-state index contributed by atoms with van der Waals surface area (Å²) in [5.74, 6) is 0.548. The van der Waals surface area contributed by atoms with E-state index in [0.29, 0.717) is 39.4 Å². The fourth-order valence-corrected chi connectivity index (χ4v) is 5.82. The van der Waals surface area contributed by atoms with E-state index in [2.05, 4.69) is 15.3 Å². The van der Waals surface area contributed by atoms with Gasteiger partial charge in [0.05, 0.1) is 28.3 Å². The summed E-state index contributed by atoms with van der Waals surface area (Å²) < 4.78 is 8.08. The van der Waals surface area contributed by atoms with E-state index < -0.39 is 0 Å². The lowest BCUT2D eigenvalue weighted by molar-refractivity contribution is -0.113.